The van der Waals surface area contributed by atoms with Crippen LogP contribution < -0.4 is 4.74 Å². The lowest BCUT2D eigenvalue weighted by molar-refractivity contribution is 0.0701. The zero-order chi connectivity index (χ0) is 13.1. The van der Waals surface area contributed by atoms with Crippen molar-refractivity contribution in [2.24, 2.45) is 0 Å². The van der Waals surface area contributed by atoms with E-state index in [1.807, 2.05) is 31.2 Å². The maximum absolute atomic E-state index is 11.1. The summed E-state index contributed by atoms with van der Waals surface area (Å²) in [6.45, 7) is 1.90. The van der Waals surface area contributed by atoms with Gasteiger partial charge in [0.05, 0.1) is 18.4 Å². The number of rotatable bonds is 4. The second-order valence-electron chi connectivity index (χ2n) is 3.65. The highest BCUT2D eigenvalue weighted by molar-refractivity contribution is 7.17. The van der Waals surface area contributed by atoms with Crippen LogP contribution in [0.4, 0.5) is 0 Å². The summed E-state index contributed by atoms with van der Waals surface area (Å²) in [5.74, 6) is -0.226. The number of nitrogens with zero attached hydrogens (tertiary/aromatic N) is 1. The molecule has 0 amide bonds. The Labute approximate surface area is 109 Å². The fraction of sp³-hybridized carbons (Fsp3) is 0.231. The Bertz CT molecular complexity index is 577. The van der Waals surface area contributed by atoms with Crippen LogP contribution in [-0.2, 0) is 6.42 Å². The number of benzene rings is 1. The second-order valence-corrected chi connectivity index (χ2v) is 4.65. The molecule has 5 heteroatoms. The van der Waals surface area contributed by atoms with Crippen LogP contribution in [0, 0.1) is 0 Å². The van der Waals surface area contributed by atoms with Gasteiger partial charge in [-0.25, -0.2) is 9.78 Å². The summed E-state index contributed by atoms with van der Waals surface area (Å²) in [4.78, 5) is 15.8. The van der Waals surface area contributed by atoms with Gasteiger partial charge in [0, 0.05) is 0 Å². The monoisotopic (exact) mass is 263 g/mol. The van der Waals surface area contributed by atoms with E-state index in [-0.39, 0.29) is 0 Å². The molecule has 4 nitrogen and oxygen atoms in total. The van der Waals surface area contributed by atoms with Crippen molar-refractivity contribution in [1.82, 2.24) is 4.98 Å². The standard InChI is InChI=1S/C13H13NO3S/c1-3-9-11(13(15)16)18-12(14-9)8-6-4-5-7-10(8)17-2/h4-7H,3H2,1-2H3,(H,15,16). The maximum atomic E-state index is 11.1. The van der Waals surface area contributed by atoms with Gasteiger partial charge in [-0.15, -0.1) is 11.3 Å². The molecule has 0 spiro atoms. The van der Waals surface area contributed by atoms with Crippen molar-refractivity contribution < 1.29 is 14.6 Å². The van der Waals surface area contributed by atoms with Crippen LogP contribution in [-0.4, -0.2) is 23.2 Å². The molecule has 0 unspecified atom stereocenters. The van der Waals surface area contributed by atoms with Crippen molar-refractivity contribution in [3.8, 4) is 16.3 Å². The highest BCUT2D eigenvalue weighted by Gasteiger charge is 2.18. The molecule has 0 radical (unpaired) electrons. The van der Waals surface area contributed by atoms with E-state index in [1.165, 1.54) is 11.3 Å². The van der Waals surface area contributed by atoms with E-state index in [0.29, 0.717) is 27.7 Å². The van der Waals surface area contributed by atoms with Crippen LogP contribution in [0.1, 0.15) is 22.3 Å². The number of carboxylic acids is 1. The van der Waals surface area contributed by atoms with Crippen molar-refractivity contribution in [2.45, 2.75) is 13.3 Å². The van der Waals surface area contributed by atoms with Crippen LogP contribution in [0.5, 0.6) is 5.75 Å². The van der Waals surface area contributed by atoms with Crippen molar-refractivity contribution in [3.63, 3.8) is 0 Å². The first-order valence-corrected chi connectivity index (χ1v) is 6.35. The summed E-state index contributed by atoms with van der Waals surface area (Å²) in [5, 5.41) is 9.80. The van der Waals surface area contributed by atoms with E-state index in [0.717, 1.165) is 5.56 Å². The molecule has 18 heavy (non-hydrogen) atoms. The minimum Gasteiger partial charge on any atom is -0.496 e. The molecular weight excluding hydrogens is 250 g/mol. The predicted molar refractivity (Wildman–Crippen MR) is 70.4 cm³/mol. The lowest BCUT2D eigenvalue weighted by atomic mass is 10.2. The zero-order valence-corrected chi connectivity index (χ0v) is 11.0. The summed E-state index contributed by atoms with van der Waals surface area (Å²) in [6.07, 6.45) is 0.604. The SMILES string of the molecule is CCc1nc(-c2ccccc2OC)sc1C(=O)O. The van der Waals surface area contributed by atoms with Gasteiger partial charge in [-0.1, -0.05) is 19.1 Å². The second kappa shape index (κ2) is 5.18. The van der Waals surface area contributed by atoms with Gasteiger partial charge in [0.2, 0.25) is 0 Å². The number of hydrogen-bond acceptors (Lipinski definition) is 4. The number of methoxy groups -OCH3 is 1. The highest BCUT2D eigenvalue weighted by atomic mass is 32.1. The first-order chi connectivity index (χ1) is 8.67. The van der Waals surface area contributed by atoms with Crippen molar-refractivity contribution in [3.05, 3.63) is 34.8 Å². The number of carboxylic acid groups (broad SMARTS) is 1. The number of hydrogen-bond donors (Lipinski definition) is 1. The lowest BCUT2D eigenvalue weighted by Crippen LogP contribution is -1.97. The molecule has 0 atom stereocenters. The maximum Gasteiger partial charge on any atom is 0.347 e. The highest BCUT2D eigenvalue weighted by Crippen LogP contribution is 2.34. The number of aromatic nitrogens is 1. The van der Waals surface area contributed by atoms with Gasteiger partial charge in [0.25, 0.3) is 0 Å². The van der Waals surface area contributed by atoms with Crippen molar-refractivity contribution in [2.75, 3.05) is 7.11 Å². The Hall–Kier alpha value is -1.88. The van der Waals surface area contributed by atoms with Gasteiger partial charge in [0.1, 0.15) is 15.6 Å². The van der Waals surface area contributed by atoms with E-state index in [1.54, 1.807) is 7.11 Å². The van der Waals surface area contributed by atoms with E-state index in [4.69, 9.17) is 9.84 Å². The van der Waals surface area contributed by atoms with Gasteiger partial charge >= 0.3 is 5.97 Å². The topological polar surface area (TPSA) is 59.4 Å². The lowest BCUT2D eigenvalue weighted by Gasteiger charge is -2.04. The van der Waals surface area contributed by atoms with Crippen LogP contribution in [0.15, 0.2) is 24.3 Å². The fourth-order valence-corrected chi connectivity index (χ4v) is 2.72. The molecule has 0 bridgehead atoms. The van der Waals surface area contributed by atoms with Gasteiger partial charge in [0.15, 0.2) is 0 Å². The minimum atomic E-state index is -0.925. The first-order valence-electron chi connectivity index (χ1n) is 5.53. The summed E-state index contributed by atoms with van der Waals surface area (Å²) >= 11 is 1.18. The Morgan fingerprint density at radius 3 is 2.72 bits per heavy atom. The normalized spacial score (nSPS) is 10.3. The number of aryl methyl sites for hydroxylation is 1. The third-order valence-corrected chi connectivity index (χ3v) is 3.68. The number of para-hydroxylation sites is 1. The first kappa shape index (κ1) is 12.6. The molecule has 0 fully saturated rings. The van der Waals surface area contributed by atoms with E-state index < -0.39 is 5.97 Å². The number of thiazole rings is 1. The number of ether oxygens (including phenoxy) is 1. The third kappa shape index (κ3) is 2.22. The van der Waals surface area contributed by atoms with Gasteiger partial charge < -0.3 is 9.84 Å². The molecule has 2 rings (SSSR count). The third-order valence-electron chi connectivity index (χ3n) is 2.56. The van der Waals surface area contributed by atoms with Crippen molar-refractivity contribution >= 4 is 17.3 Å². The molecule has 0 aliphatic carbocycles. The Morgan fingerprint density at radius 1 is 1.44 bits per heavy atom. The van der Waals surface area contributed by atoms with Crippen LogP contribution in [0.25, 0.3) is 10.6 Å². The average Bonchev–Trinajstić information content (AvgIpc) is 2.82. The molecule has 0 saturated heterocycles. The molecule has 94 valence electrons. The summed E-state index contributed by atoms with van der Waals surface area (Å²) in [5.41, 5.74) is 1.45. The van der Waals surface area contributed by atoms with Crippen LogP contribution >= 0.6 is 11.3 Å². The smallest absolute Gasteiger partial charge is 0.347 e. The molecule has 2 aromatic rings. The minimum absolute atomic E-state index is 0.304. The zero-order valence-electron chi connectivity index (χ0n) is 10.1. The summed E-state index contributed by atoms with van der Waals surface area (Å²) in [6, 6.07) is 7.46. The van der Waals surface area contributed by atoms with Gasteiger partial charge in [-0.05, 0) is 18.6 Å². The molecular formula is C13H13NO3S. The number of aromatic carboxylic acids is 1. The van der Waals surface area contributed by atoms with Crippen molar-refractivity contribution in [1.29, 1.82) is 0 Å². The molecule has 0 aliphatic heterocycles. The largest absolute Gasteiger partial charge is 0.496 e. The Morgan fingerprint density at radius 2 is 2.17 bits per heavy atom. The predicted octanol–water partition coefficient (Wildman–Crippen LogP) is 3.08. The molecule has 1 heterocycles. The quantitative estimate of drug-likeness (QED) is 0.920. The fourth-order valence-electron chi connectivity index (χ4n) is 1.69. The van der Waals surface area contributed by atoms with E-state index in [9.17, 15) is 4.79 Å². The molecule has 1 aromatic carbocycles. The number of carbonyl (C=O) groups is 1. The Kier molecular flexibility index (Phi) is 3.62. The summed E-state index contributed by atoms with van der Waals surface area (Å²) < 4.78 is 5.26. The molecule has 1 N–H and O–H groups in total. The molecule has 0 aliphatic rings. The van der Waals surface area contributed by atoms with Crippen LogP contribution in [0.3, 0.4) is 0 Å². The van der Waals surface area contributed by atoms with Crippen LogP contribution in [0.2, 0.25) is 0 Å². The average molecular weight is 263 g/mol. The van der Waals surface area contributed by atoms with Gasteiger partial charge in [-0.2, -0.15) is 0 Å². The summed E-state index contributed by atoms with van der Waals surface area (Å²) in [7, 11) is 1.59. The van der Waals surface area contributed by atoms with E-state index in [2.05, 4.69) is 4.98 Å². The molecule has 0 saturated carbocycles. The molecule has 1 aromatic heterocycles. The van der Waals surface area contributed by atoms with Gasteiger partial charge in [-0.3, -0.25) is 0 Å². The Balaban J connectivity index is 2.54. The van der Waals surface area contributed by atoms with E-state index >= 15 is 0 Å².